The molecule has 176 valence electrons. The summed E-state index contributed by atoms with van der Waals surface area (Å²) in [6.07, 6.45) is 6.18. The van der Waals surface area contributed by atoms with Gasteiger partial charge in [-0.1, -0.05) is 30.7 Å². The molecule has 0 aliphatic heterocycles. The lowest BCUT2D eigenvalue weighted by Gasteiger charge is -2.11. The highest BCUT2D eigenvalue weighted by atomic mass is 16.2. The first kappa shape index (κ1) is 25.6. The second-order valence-corrected chi connectivity index (χ2v) is 8.12. The van der Waals surface area contributed by atoms with Crippen molar-refractivity contribution in [3.63, 3.8) is 0 Å². The zero-order valence-corrected chi connectivity index (χ0v) is 19.9. The Morgan fingerprint density at radius 1 is 0.667 bits per heavy atom. The summed E-state index contributed by atoms with van der Waals surface area (Å²) in [4.78, 5) is 27.8. The summed E-state index contributed by atoms with van der Waals surface area (Å²) in [5, 5.41) is 7.99. The zero-order chi connectivity index (χ0) is 24.1. The second kappa shape index (κ2) is 13.7. The van der Waals surface area contributed by atoms with Gasteiger partial charge in [-0.25, -0.2) is 10.9 Å². The number of unbranched alkanes of at least 4 members (excludes halogenated alkanes) is 2. The van der Waals surface area contributed by atoms with Crippen molar-refractivity contribution in [3.05, 3.63) is 59.7 Å². The van der Waals surface area contributed by atoms with Gasteiger partial charge in [-0.15, -0.1) is 0 Å². The smallest absolute Gasteiger partial charge is 0.240 e. The minimum Gasteiger partial charge on any atom is -0.378 e. The molecule has 0 bridgehead atoms. The molecule has 0 aliphatic carbocycles. The lowest BCUT2D eigenvalue weighted by molar-refractivity contribution is -0.121. The number of carbonyl (C=O) groups is 2. The monoisotopic (exact) mass is 450 g/mol. The standard InChI is InChI=1S/C25H34N6O2/c1-30(2)22-14-10-20(11-15-22)18-26-28-24(32)8-6-5-7-9-25(33)29-27-19-21-12-16-23(17-13-21)31(3)4/h10-19H,5-9H2,1-4H3,(H,28,32)(H,29,33)/b26-18-,27-19-. The summed E-state index contributed by atoms with van der Waals surface area (Å²) < 4.78 is 0. The number of anilines is 2. The quantitative estimate of drug-likeness (QED) is 0.295. The molecule has 8 nitrogen and oxygen atoms in total. The van der Waals surface area contributed by atoms with E-state index in [1.165, 1.54) is 0 Å². The summed E-state index contributed by atoms with van der Waals surface area (Å²) in [5.41, 5.74) is 9.12. The molecule has 0 atom stereocenters. The molecule has 2 aromatic rings. The third-order valence-electron chi connectivity index (χ3n) is 4.93. The Morgan fingerprint density at radius 3 is 1.36 bits per heavy atom. The van der Waals surface area contributed by atoms with Crippen molar-refractivity contribution in [2.75, 3.05) is 38.0 Å². The van der Waals surface area contributed by atoms with Crippen molar-refractivity contribution in [1.29, 1.82) is 0 Å². The summed E-state index contributed by atoms with van der Waals surface area (Å²) in [5.74, 6) is -0.268. The maximum Gasteiger partial charge on any atom is 0.240 e. The Bertz CT molecular complexity index is 857. The Balaban J connectivity index is 1.56. The van der Waals surface area contributed by atoms with E-state index in [0.29, 0.717) is 25.7 Å². The molecule has 0 aromatic heterocycles. The van der Waals surface area contributed by atoms with Crippen LogP contribution in [0.1, 0.15) is 43.2 Å². The summed E-state index contributed by atoms with van der Waals surface area (Å²) in [6.45, 7) is 0. The van der Waals surface area contributed by atoms with Gasteiger partial charge in [0.25, 0.3) is 0 Å². The van der Waals surface area contributed by atoms with Crippen LogP contribution in [0.2, 0.25) is 0 Å². The summed E-state index contributed by atoms with van der Waals surface area (Å²) in [6, 6.07) is 15.8. The number of nitrogens with zero attached hydrogens (tertiary/aromatic N) is 4. The number of carbonyl (C=O) groups excluding carboxylic acids is 2. The van der Waals surface area contributed by atoms with Gasteiger partial charge < -0.3 is 9.80 Å². The fourth-order valence-corrected chi connectivity index (χ4v) is 2.93. The van der Waals surface area contributed by atoms with E-state index in [1.807, 2.05) is 86.5 Å². The third-order valence-corrected chi connectivity index (χ3v) is 4.93. The number of amides is 2. The van der Waals surface area contributed by atoms with Gasteiger partial charge in [-0.2, -0.15) is 10.2 Å². The van der Waals surface area contributed by atoms with Gasteiger partial charge in [0.15, 0.2) is 0 Å². The third kappa shape index (κ3) is 9.99. The Labute approximate surface area is 196 Å². The molecule has 0 radical (unpaired) electrons. The van der Waals surface area contributed by atoms with Crippen LogP contribution in [-0.4, -0.2) is 52.4 Å². The molecule has 2 rings (SSSR count). The highest BCUT2D eigenvalue weighted by Crippen LogP contribution is 2.11. The first-order valence-electron chi connectivity index (χ1n) is 11.0. The normalized spacial score (nSPS) is 11.0. The van der Waals surface area contributed by atoms with Crippen LogP contribution in [0.4, 0.5) is 11.4 Å². The SMILES string of the molecule is CN(C)c1ccc(/C=N\NC(=O)CCCCCC(=O)N/N=C\c2ccc(N(C)C)cc2)cc1. The number of hydrogen-bond donors (Lipinski definition) is 2. The summed E-state index contributed by atoms with van der Waals surface area (Å²) >= 11 is 0. The lowest BCUT2D eigenvalue weighted by Crippen LogP contribution is -2.18. The van der Waals surface area contributed by atoms with Crippen LogP contribution in [0.5, 0.6) is 0 Å². The summed E-state index contributed by atoms with van der Waals surface area (Å²) in [7, 11) is 7.93. The molecule has 33 heavy (non-hydrogen) atoms. The fraction of sp³-hybridized carbons (Fsp3) is 0.360. The molecule has 0 saturated carbocycles. The van der Waals surface area contributed by atoms with Gasteiger partial charge in [0.2, 0.25) is 11.8 Å². The fourth-order valence-electron chi connectivity index (χ4n) is 2.93. The van der Waals surface area contributed by atoms with Crippen LogP contribution in [-0.2, 0) is 9.59 Å². The van der Waals surface area contributed by atoms with E-state index in [4.69, 9.17) is 0 Å². The van der Waals surface area contributed by atoms with Gasteiger partial charge >= 0.3 is 0 Å². The van der Waals surface area contributed by atoms with Crippen LogP contribution in [0.15, 0.2) is 58.7 Å². The van der Waals surface area contributed by atoms with Gasteiger partial charge in [-0.3, -0.25) is 9.59 Å². The van der Waals surface area contributed by atoms with Crippen LogP contribution in [0, 0.1) is 0 Å². The van der Waals surface area contributed by atoms with E-state index in [0.717, 1.165) is 28.9 Å². The van der Waals surface area contributed by atoms with Crippen molar-refractivity contribution in [1.82, 2.24) is 10.9 Å². The van der Waals surface area contributed by atoms with Crippen LogP contribution in [0.25, 0.3) is 0 Å². The van der Waals surface area contributed by atoms with E-state index in [9.17, 15) is 9.59 Å². The lowest BCUT2D eigenvalue weighted by atomic mass is 10.1. The van der Waals surface area contributed by atoms with Crippen LogP contribution < -0.4 is 20.7 Å². The zero-order valence-electron chi connectivity index (χ0n) is 19.9. The Hall–Kier alpha value is -3.68. The molecule has 0 unspecified atom stereocenters. The highest BCUT2D eigenvalue weighted by molar-refractivity contribution is 5.83. The van der Waals surface area contributed by atoms with E-state index in [-0.39, 0.29) is 11.8 Å². The minimum absolute atomic E-state index is 0.134. The van der Waals surface area contributed by atoms with Crippen LogP contribution in [0.3, 0.4) is 0 Å². The predicted octanol–water partition coefficient (Wildman–Crippen LogP) is 3.37. The molecule has 8 heteroatoms. The second-order valence-electron chi connectivity index (χ2n) is 8.12. The molecule has 0 spiro atoms. The van der Waals surface area contributed by atoms with E-state index >= 15 is 0 Å². The van der Waals surface area contributed by atoms with Crippen molar-refractivity contribution in [2.45, 2.75) is 32.1 Å². The molecular weight excluding hydrogens is 416 g/mol. The van der Waals surface area contributed by atoms with Gasteiger partial charge in [-0.05, 0) is 48.2 Å². The number of nitrogens with one attached hydrogen (secondary N) is 2. The number of rotatable bonds is 12. The molecule has 2 amide bonds. The van der Waals surface area contributed by atoms with Crippen molar-refractivity contribution >= 4 is 35.6 Å². The average molecular weight is 451 g/mol. The molecule has 0 fully saturated rings. The maximum absolute atomic E-state index is 11.9. The highest BCUT2D eigenvalue weighted by Gasteiger charge is 2.03. The molecule has 0 heterocycles. The molecular formula is C25H34N6O2. The topological polar surface area (TPSA) is 89.4 Å². The van der Waals surface area contributed by atoms with Crippen LogP contribution >= 0.6 is 0 Å². The van der Waals surface area contributed by atoms with E-state index in [1.54, 1.807) is 12.4 Å². The predicted molar refractivity (Wildman–Crippen MR) is 136 cm³/mol. The largest absolute Gasteiger partial charge is 0.378 e. The van der Waals surface area contributed by atoms with Gasteiger partial charge in [0.1, 0.15) is 0 Å². The molecule has 2 aromatic carbocycles. The van der Waals surface area contributed by atoms with E-state index in [2.05, 4.69) is 21.1 Å². The Kier molecular flexibility index (Phi) is 10.6. The van der Waals surface area contributed by atoms with Crippen molar-refractivity contribution in [2.24, 2.45) is 10.2 Å². The van der Waals surface area contributed by atoms with Gasteiger partial charge in [0.05, 0.1) is 12.4 Å². The first-order chi connectivity index (χ1) is 15.8. The van der Waals surface area contributed by atoms with E-state index < -0.39 is 0 Å². The number of benzene rings is 2. The number of hydrazone groups is 2. The molecule has 0 aliphatic rings. The molecule has 0 saturated heterocycles. The average Bonchev–Trinajstić information content (AvgIpc) is 2.79. The first-order valence-corrected chi connectivity index (χ1v) is 11.0. The molecule has 2 N–H and O–H groups in total. The minimum atomic E-state index is -0.134. The van der Waals surface area contributed by atoms with Gasteiger partial charge in [0, 0.05) is 52.4 Å². The maximum atomic E-state index is 11.9. The van der Waals surface area contributed by atoms with Crippen molar-refractivity contribution in [3.8, 4) is 0 Å². The Morgan fingerprint density at radius 2 is 1.03 bits per heavy atom. The number of hydrogen-bond acceptors (Lipinski definition) is 6. The van der Waals surface area contributed by atoms with Crippen molar-refractivity contribution < 1.29 is 9.59 Å².